The summed E-state index contributed by atoms with van der Waals surface area (Å²) in [6.07, 6.45) is 1.92. The zero-order chi connectivity index (χ0) is 6.62. The van der Waals surface area contributed by atoms with Crippen LogP contribution in [0.15, 0.2) is 0 Å². The molecule has 0 bridgehead atoms. The maximum atomic E-state index is 5.97. The topological polar surface area (TPSA) is 26.0 Å². The van der Waals surface area contributed by atoms with Gasteiger partial charge in [0.2, 0.25) is 0 Å². The summed E-state index contributed by atoms with van der Waals surface area (Å²) in [7, 11) is 0. The fraction of sp³-hybridized carbons (Fsp3) is 1.00. The maximum Gasteiger partial charge on any atom is 0.0563 e. The van der Waals surface area contributed by atoms with E-state index in [0.717, 1.165) is 12.8 Å². The molecule has 0 aliphatic rings. The Morgan fingerprint density at radius 2 is 1.67 bits per heavy atom. The minimum Gasteiger partial charge on any atom is -0.329 e. The van der Waals surface area contributed by atoms with Crippen LogP contribution < -0.4 is 5.73 Å². The van der Waals surface area contributed by atoms with Crippen molar-refractivity contribution in [3.8, 4) is 0 Å². The van der Waals surface area contributed by atoms with Crippen molar-refractivity contribution in [2.45, 2.75) is 31.6 Å². The molecular weight excluding hydrogens is 157 g/mol. The van der Waals surface area contributed by atoms with E-state index in [2.05, 4.69) is 13.8 Å². The van der Waals surface area contributed by atoms with Crippen LogP contribution in [0.2, 0.25) is 0 Å². The van der Waals surface area contributed by atoms with Gasteiger partial charge >= 0.3 is 0 Å². The molecule has 3 heteroatoms. The van der Waals surface area contributed by atoms with Crippen LogP contribution in [0.5, 0.6) is 0 Å². The third-order valence-electron chi connectivity index (χ3n) is 1.63. The van der Waals surface area contributed by atoms with Gasteiger partial charge in [-0.05, 0) is 12.8 Å². The lowest BCUT2D eigenvalue weighted by Crippen LogP contribution is -2.29. The molecule has 0 rings (SSSR count). The molecule has 0 radical (unpaired) electrons. The molecule has 0 aromatic rings. The smallest absolute Gasteiger partial charge is 0.0563 e. The molecule has 58 valence electrons. The molecule has 9 heavy (non-hydrogen) atoms. The van der Waals surface area contributed by atoms with Gasteiger partial charge in [-0.2, -0.15) is 0 Å². The standard InChI is InChI=1S/C6H14ClN.ClH/c1-3-6(7,4-2)5-8;/h3-5,8H2,1-2H3;1H. The summed E-state index contributed by atoms with van der Waals surface area (Å²) in [5.74, 6) is 0. The minimum absolute atomic E-state index is 0. The van der Waals surface area contributed by atoms with Gasteiger partial charge in [-0.15, -0.1) is 24.0 Å². The van der Waals surface area contributed by atoms with Gasteiger partial charge in [-0.25, -0.2) is 0 Å². The average molecular weight is 172 g/mol. The number of nitrogens with two attached hydrogens (primary N) is 1. The van der Waals surface area contributed by atoms with Crippen LogP contribution in [0.1, 0.15) is 26.7 Å². The van der Waals surface area contributed by atoms with Gasteiger partial charge in [-0.1, -0.05) is 13.8 Å². The van der Waals surface area contributed by atoms with Crippen LogP contribution in [-0.2, 0) is 0 Å². The van der Waals surface area contributed by atoms with Crippen molar-refractivity contribution in [2.24, 2.45) is 5.73 Å². The predicted molar refractivity (Wildman–Crippen MR) is 45.5 cm³/mol. The van der Waals surface area contributed by atoms with Crippen molar-refractivity contribution in [3.05, 3.63) is 0 Å². The summed E-state index contributed by atoms with van der Waals surface area (Å²) < 4.78 is 0. The minimum atomic E-state index is -0.125. The molecular formula is C6H15Cl2N. The molecule has 0 saturated heterocycles. The Hall–Kier alpha value is 0.540. The van der Waals surface area contributed by atoms with E-state index in [1.807, 2.05) is 0 Å². The lowest BCUT2D eigenvalue weighted by molar-refractivity contribution is 0.546. The molecule has 0 saturated carbocycles. The van der Waals surface area contributed by atoms with E-state index in [1.54, 1.807) is 0 Å². The Bertz CT molecular complexity index is 53.8. The van der Waals surface area contributed by atoms with Crippen LogP contribution in [0, 0.1) is 0 Å². The number of rotatable bonds is 3. The summed E-state index contributed by atoms with van der Waals surface area (Å²) in [6.45, 7) is 4.70. The van der Waals surface area contributed by atoms with Gasteiger partial charge in [0.05, 0.1) is 4.87 Å². The summed E-state index contributed by atoms with van der Waals surface area (Å²) in [6, 6.07) is 0. The Balaban J connectivity index is 0. The normalized spacial score (nSPS) is 10.7. The van der Waals surface area contributed by atoms with Gasteiger partial charge in [0.1, 0.15) is 0 Å². The van der Waals surface area contributed by atoms with E-state index >= 15 is 0 Å². The van der Waals surface area contributed by atoms with Gasteiger partial charge in [0.15, 0.2) is 0 Å². The molecule has 0 aliphatic heterocycles. The first-order valence-electron chi connectivity index (χ1n) is 3.07. The SMILES string of the molecule is CCC(Cl)(CC)CN.Cl. The van der Waals surface area contributed by atoms with Crippen molar-refractivity contribution in [2.75, 3.05) is 6.54 Å². The first kappa shape index (κ1) is 12.2. The monoisotopic (exact) mass is 171 g/mol. The van der Waals surface area contributed by atoms with E-state index in [1.165, 1.54) is 0 Å². The van der Waals surface area contributed by atoms with Crippen molar-refractivity contribution in [1.29, 1.82) is 0 Å². The highest BCUT2D eigenvalue weighted by molar-refractivity contribution is 6.24. The fourth-order valence-corrected chi connectivity index (χ4v) is 0.539. The van der Waals surface area contributed by atoms with Crippen molar-refractivity contribution in [1.82, 2.24) is 0 Å². The second-order valence-corrected chi connectivity index (χ2v) is 2.86. The van der Waals surface area contributed by atoms with Crippen LogP contribution in [0.4, 0.5) is 0 Å². The van der Waals surface area contributed by atoms with Gasteiger partial charge in [0, 0.05) is 6.54 Å². The second kappa shape index (κ2) is 5.33. The first-order valence-corrected chi connectivity index (χ1v) is 3.45. The number of hydrogen-bond acceptors (Lipinski definition) is 1. The van der Waals surface area contributed by atoms with Crippen LogP contribution in [0.25, 0.3) is 0 Å². The zero-order valence-electron chi connectivity index (χ0n) is 5.98. The molecule has 0 aliphatic carbocycles. The molecule has 0 aromatic heterocycles. The van der Waals surface area contributed by atoms with E-state index < -0.39 is 0 Å². The van der Waals surface area contributed by atoms with Gasteiger partial charge in [0.25, 0.3) is 0 Å². The van der Waals surface area contributed by atoms with Crippen LogP contribution in [0.3, 0.4) is 0 Å². The number of hydrogen-bond donors (Lipinski definition) is 1. The van der Waals surface area contributed by atoms with Crippen molar-refractivity contribution in [3.63, 3.8) is 0 Å². The largest absolute Gasteiger partial charge is 0.329 e. The van der Waals surface area contributed by atoms with E-state index in [-0.39, 0.29) is 17.3 Å². The molecule has 0 unspecified atom stereocenters. The third-order valence-corrected chi connectivity index (χ3v) is 2.32. The molecule has 0 aromatic carbocycles. The molecule has 0 amide bonds. The molecule has 0 atom stereocenters. The second-order valence-electron chi connectivity index (χ2n) is 2.06. The highest BCUT2D eigenvalue weighted by Crippen LogP contribution is 2.21. The van der Waals surface area contributed by atoms with Gasteiger partial charge < -0.3 is 5.73 Å². The molecule has 0 fully saturated rings. The quantitative estimate of drug-likeness (QED) is 0.648. The number of halogens is 2. The summed E-state index contributed by atoms with van der Waals surface area (Å²) in [5, 5.41) is 0. The van der Waals surface area contributed by atoms with Crippen LogP contribution in [-0.4, -0.2) is 11.4 Å². The van der Waals surface area contributed by atoms with Gasteiger partial charge in [-0.3, -0.25) is 0 Å². The predicted octanol–water partition coefficient (Wildman–Crippen LogP) is 2.16. The third kappa shape index (κ3) is 4.01. The summed E-state index contributed by atoms with van der Waals surface area (Å²) in [4.78, 5) is -0.125. The first-order chi connectivity index (χ1) is 3.68. The maximum absolute atomic E-state index is 5.97. The fourth-order valence-electron chi connectivity index (χ4n) is 0.539. The van der Waals surface area contributed by atoms with E-state index in [9.17, 15) is 0 Å². The summed E-state index contributed by atoms with van der Waals surface area (Å²) in [5.41, 5.74) is 5.40. The molecule has 0 heterocycles. The van der Waals surface area contributed by atoms with Crippen molar-refractivity contribution < 1.29 is 0 Å². The van der Waals surface area contributed by atoms with Crippen molar-refractivity contribution >= 4 is 24.0 Å². The number of alkyl halides is 1. The molecule has 2 N–H and O–H groups in total. The lowest BCUT2D eigenvalue weighted by Gasteiger charge is -2.20. The molecule has 1 nitrogen and oxygen atoms in total. The zero-order valence-corrected chi connectivity index (χ0v) is 7.56. The van der Waals surface area contributed by atoms with E-state index in [4.69, 9.17) is 17.3 Å². The highest BCUT2D eigenvalue weighted by atomic mass is 35.5. The summed E-state index contributed by atoms with van der Waals surface area (Å²) >= 11 is 5.97. The highest BCUT2D eigenvalue weighted by Gasteiger charge is 2.19. The van der Waals surface area contributed by atoms with Crippen LogP contribution >= 0.6 is 24.0 Å². The average Bonchev–Trinajstić information content (AvgIpc) is 1.87. The Kier molecular flexibility index (Phi) is 7.25. The molecule has 0 spiro atoms. The van der Waals surface area contributed by atoms with E-state index in [0.29, 0.717) is 6.54 Å². The Labute approximate surface area is 68.4 Å². The Morgan fingerprint density at radius 1 is 1.33 bits per heavy atom. The lowest BCUT2D eigenvalue weighted by atomic mass is 10.0. The Morgan fingerprint density at radius 3 is 1.67 bits per heavy atom.